The fraction of sp³-hybridized carbons (Fsp3) is 0.333. The average Bonchev–Trinajstić information content (AvgIpc) is 2.55. The van der Waals surface area contributed by atoms with Gasteiger partial charge in [-0.1, -0.05) is 0 Å². The lowest BCUT2D eigenvalue weighted by Gasteiger charge is -2.14. The molecule has 6 nitrogen and oxygen atoms in total. The number of aryl methyl sites for hydroxylation is 1. The molecule has 0 spiro atoms. The van der Waals surface area contributed by atoms with Crippen LogP contribution in [-0.4, -0.2) is 28.2 Å². The first-order chi connectivity index (χ1) is 12.6. The Morgan fingerprint density at radius 2 is 2.35 bits per heavy atom. The third-order valence-corrected chi connectivity index (χ3v) is 3.07. The second-order valence-electron chi connectivity index (χ2n) is 4.48. The molecule has 126 valence electrons. The van der Waals surface area contributed by atoms with Gasteiger partial charge in [0.1, 0.15) is 11.4 Å². The molecule has 2 rings (SSSR count). The van der Waals surface area contributed by atoms with E-state index in [4.69, 9.17) is 19.1 Å². The second kappa shape index (κ2) is 7.43. The van der Waals surface area contributed by atoms with Crippen LogP contribution in [-0.2, 0) is 6.54 Å². The Morgan fingerprint density at radius 1 is 1.65 bits per heavy atom. The first-order valence-corrected chi connectivity index (χ1v) is 6.31. The number of anilines is 1. The smallest absolute Gasteiger partial charge is 0.341 e. The van der Waals surface area contributed by atoms with Crippen molar-refractivity contribution in [3.63, 3.8) is 0 Å². The van der Waals surface area contributed by atoms with Gasteiger partial charge < -0.3 is 20.7 Å². The molecule has 0 fully saturated rings. The van der Waals surface area contributed by atoms with Crippen LogP contribution in [0.5, 0.6) is 0 Å². The number of hydrogen-bond donors (Lipinski definition) is 3. The first-order valence-electron chi connectivity index (χ1n) is 9.31. The van der Waals surface area contributed by atoms with Crippen LogP contribution in [0.15, 0.2) is 23.1 Å². The number of benzene rings is 1. The molecule has 0 bridgehead atoms. The molecule has 1 aromatic carbocycles. The van der Waals surface area contributed by atoms with E-state index in [0.29, 0.717) is 0 Å². The maximum Gasteiger partial charge on any atom is 0.341 e. The second-order valence-corrected chi connectivity index (χ2v) is 4.48. The van der Waals surface area contributed by atoms with Crippen molar-refractivity contribution in [3.05, 3.63) is 39.9 Å². The van der Waals surface area contributed by atoms with Crippen molar-refractivity contribution in [2.75, 3.05) is 11.8 Å². The van der Waals surface area contributed by atoms with Gasteiger partial charge in [-0.15, -0.1) is 12.4 Å². The molecule has 0 aliphatic carbocycles. The number of aromatic nitrogens is 1. The Balaban J connectivity index is 0.00000420. The number of nitrogens with zero attached hydrogens (tertiary/aromatic N) is 1. The number of nitrogens with two attached hydrogens (primary N) is 1. The third kappa shape index (κ3) is 3.80. The van der Waals surface area contributed by atoms with Gasteiger partial charge in [-0.05, 0) is 25.9 Å². The highest BCUT2D eigenvalue weighted by Gasteiger charge is 2.16. The van der Waals surface area contributed by atoms with E-state index in [1.54, 1.807) is 6.92 Å². The summed E-state index contributed by atoms with van der Waals surface area (Å²) in [5.74, 6) is -2.62. The normalized spacial score (nSPS) is 18.2. The lowest BCUT2D eigenvalue weighted by Crippen LogP contribution is -2.25. The number of rotatable bonds is 5. The van der Waals surface area contributed by atoms with Crippen molar-refractivity contribution in [1.82, 2.24) is 4.57 Å². The number of pyridine rings is 1. The van der Waals surface area contributed by atoms with Crippen molar-refractivity contribution >= 4 is 35.0 Å². The van der Waals surface area contributed by atoms with Crippen molar-refractivity contribution in [3.8, 4) is 0 Å². The molecule has 1 aromatic heterocycles. The molecule has 8 heteroatoms. The number of nitrogens with one attached hydrogen (secondary N) is 1. The summed E-state index contributed by atoms with van der Waals surface area (Å²) in [5, 5.41) is 10.9. The number of halogens is 2. The van der Waals surface area contributed by atoms with E-state index >= 15 is 0 Å². The fourth-order valence-corrected chi connectivity index (χ4v) is 2.05. The maximum atomic E-state index is 14.5. The summed E-state index contributed by atoms with van der Waals surface area (Å²) in [6.45, 7) is -4.44. The van der Waals surface area contributed by atoms with E-state index in [9.17, 15) is 14.0 Å². The number of hydrogen-bond acceptors (Lipinski definition) is 4. The zero-order chi connectivity index (χ0) is 21.7. The van der Waals surface area contributed by atoms with Crippen LogP contribution in [0.1, 0.15) is 32.4 Å². The van der Waals surface area contributed by atoms with Gasteiger partial charge in [0, 0.05) is 36.1 Å². The van der Waals surface area contributed by atoms with Crippen LogP contribution in [0.2, 0.25) is 0 Å². The first kappa shape index (κ1) is 11.4. The summed E-state index contributed by atoms with van der Waals surface area (Å²) in [5.41, 5.74) is 3.43. The van der Waals surface area contributed by atoms with Gasteiger partial charge in [0.2, 0.25) is 5.43 Å². The SMILES string of the molecule is Cl.[2H]C([2H])([2H])C([2H])(N)C([2H])([2H])Nc1cc2c(cc1F)c(=O)c(C(=O)O)cn2CC. The fourth-order valence-electron chi connectivity index (χ4n) is 2.05. The van der Waals surface area contributed by atoms with Crippen molar-refractivity contribution < 1.29 is 22.5 Å². The van der Waals surface area contributed by atoms with Gasteiger partial charge in [-0.3, -0.25) is 4.79 Å². The van der Waals surface area contributed by atoms with Crippen LogP contribution < -0.4 is 16.5 Å². The maximum absolute atomic E-state index is 14.5. The standard InChI is InChI=1S/C15H18FN3O3.ClH/c1-3-19-7-10(15(21)22)14(20)9-4-11(16)12(5-13(9)19)18-6-8(2)17;/h4-5,7-8,18H,3,6,17H2,1-2H3,(H,21,22);1H/i2D3,6D2,8D;. The molecular weight excluding hydrogens is 325 g/mol. The minimum Gasteiger partial charge on any atom is -0.477 e. The highest BCUT2D eigenvalue weighted by molar-refractivity contribution is 5.93. The van der Waals surface area contributed by atoms with Gasteiger partial charge in [0.25, 0.3) is 0 Å². The van der Waals surface area contributed by atoms with Crippen LogP contribution >= 0.6 is 12.4 Å². The zero-order valence-corrected chi connectivity index (χ0v) is 12.8. The Hall–Kier alpha value is -2.12. The van der Waals surface area contributed by atoms with Gasteiger partial charge in [-0.2, -0.15) is 0 Å². The lowest BCUT2D eigenvalue weighted by atomic mass is 10.1. The molecule has 1 atom stereocenters. The van der Waals surface area contributed by atoms with Gasteiger partial charge in [-0.25, -0.2) is 9.18 Å². The highest BCUT2D eigenvalue weighted by atomic mass is 35.5. The largest absolute Gasteiger partial charge is 0.477 e. The van der Waals surface area contributed by atoms with Crippen LogP contribution in [0.4, 0.5) is 10.1 Å². The molecule has 1 unspecified atom stereocenters. The number of carboxylic acid groups (broad SMARTS) is 1. The Kier molecular flexibility index (Phi) is 3.69. The molecule has 1 heterocycles. The summed E-state index contributed by atoms with van der Waals surface area (Å²) in [7, 11) is 0. The lowest BCUT2D eigenvalue weighted by molar-refractivity contribution is 0.0695. The molecule has 0 aliphatic rings. The van der Waals surface area contributed by atoms with Crippen molar-refractivity contribution in [2.45, 2.75) is 26.3 Å². The van der Waals surface area contributed by atoms with E-state index in [1.807, 2.05) is 5.32 Å². The summed E-state index contributed by atoms with van der Waals surface area (Å²) in [4.78, 5) is 23.5. The average molecular weight is 350 g/mol. The predicted molar refractivity (Wildman–Crippen MR) is 90.2 cm³/mol. The predicted octanol–water partition coefficient (Wildman–Crippen LogP) is 2.04. The summed E-state index contributed by atoms with van der Waals surface area (Å²) >= 11 is 0. The summed E-state index contributed by atoms with van der Waals surface area (Å²) < 4.78 is 60.9. The molecule has 4 N–H and O–H groups in total. The summed E-state index contributed by atoms with van der Waals surface area (Å²) in [6, 6.07) is -1.35. The van der Waals surface area contributed by atoms with Crippen LogP contribution in [0, 0.1) is 5.82 Å². The number of carbonyl (C=O) groups is 1. The molecule has 0 radical (unpaired) electrons. The highest BCUT2D eigenvalue weighted by Crippen LogP contribution is 2.22. The van der Waals surface area contributed by atoms with Crippen molar-refractivity contribution in [1.29, 1.82) is 0 Å². The topological polar surface area (TPSA) is 97.3 Å². The Bertz CT molecular complexity index is 1010. The number of aromatic carboxylic acids is 1. The zero-order valence-electron chi connectivity index (χ0n) is 18.0. The van der Waals surface area contributed by atoms with E-state index in [1.165, 1.54) is 4.57 Å². The molecule has 0 saturated carbocycles. The molecule has 2 aromatic rings. The van der Waals surface area contributed by atoms with E-state index in [2.05, 4.69) is 0 Å². The van der Waals surface area contributed by atoms with Crippen LogP contribution in [0.25, 0.3) is 10.9 Å². The molecular formula is C15H19ClFN3O3. The van der Waals surface area contributed by atoms with Gasteiger partial charge in [0.15, 0.2) is 0 Å². The molecule has 0 saturated heterocycles. The van der Waals surface area contributed by atoms with E-state index in [0.717, 1.165) is 18.3 Å². The number of carboxylic acids is 1. The third-order valence-electron chi connectivity index (χ3n) is 3.07. The Morgan fingerprint density at radius 3 is 2.91 bits per heavy atom. The molecule has 0 amide bonds. The summed E-state index contributed by atoms with van der Waals surface area (Å²) in [6.07, 6.45) is 1.07. The van der Waals surface area contributed by atoms with E-state index < -0.39 is 47.8 Å². The van der Waals surface area contributed by atoms with Crippen LogP contribution in [0.3, 0.4) is 0 Å². The van der Waals surface area contributed by atoms with Gasteiger partial charge in [0.05, 0.1) is 13.9 Å². The van der Waals surface area contributed by atoms with E-state index in [-0.39, 0.29) is 29.9 Å². The Labute approximate surface area is 146 Å². The number of fused-ring (bicyclic) bond motifs is 1. The molecule has 0 aliphatic heterocycles. The minimum absolute atomic E-state index is 0. The monoisotopic (exact) mass is 349 g/mol. The molecule has 23 heavy (non-hydrogen) atoms. The quantitative estimate of drug-likeness (QED) is 0.767. The van der Waals surface area contributed by atoms with Gasteiger partial charge >= 0.3 is 5.97 Å². The minimum atomic E-state index is -3.22. The van der Waals surface area contributed by atoms with Crippen molar-refractivity contribution in [2.24, 2.45) is 5.73 Å².